The second-order valence-electron chi connectivity index (χ2n) is 7.48. The minimum absolute atomic E-state index is 0.0252. The predicted octanol–water partition coefficient (Wildman–Crippen LogP) is 2.28. The zero-order valence-corrected chi connectivity index (χ0v) is 19.5. The molecule has 0 fully saturated rings. The number of carbonyl (C=O) groups excluding carboxylic acids is 1. The molecule has 1 rings (SSSR count). The van der Waals surface area contributed by atoms with Crippen molar-refractivity contribution < 1.29 is 27.9 Å². The lowest BCUT2D eigenvalue weighted by molar-refractivity contribution is 0.0527. The van der Waals surface area contributed by atoms with E-state index in [9.17, 15) is 18.9 Å². The monoisotopic (exact) mass is 448 g/mol. The van der Waals surface area contributed by atoms with Gasteiger partial charge in [0.15, 0.2) is 5.75 Å². The van der Waals surface area contributed by atoms with Crippen molar-refractivity contribution in [3.63, 3.8) is 0 Å². The summed E-state index contributed by atoms with van der Waals surface area (Å²) in [5, 5.41) is 2.64. The van der Waals surface area contributed by atoms with Crippen LogP contribution in [0.3, 0.4) is 0 Å². The first-order valence-corrected chi connectivity index (χ1v) is 11.7. The molecule has 30 heavy (non-hydrogen) atoms. The van der Waals surface area contributed by atoms with Crippen molar-refractivity contribution in [2.45, 2.75) is 46.6 Å². The molecule has 1 aromatic rings. The van der Waals surface area contributed by atoms with Crippen LogP contribution in [0.4, 0.5) is 10.5 Å². The van der Waals surface area contributed by atoms with E-state index in [1.807, 2.05) is 0 Å². The molecule has 11 heteroatoms. The fourth-order valence-corrected chi connectivity index (χ4v) is 4.35. The van der Waals surface area contributed by atoms with Crippen LogP contribution in [0.5, 0.6) is 5.75 Å². The topological polar surface area (TPSA) is 120 Å². The van der Waals surface area contributed by atoms with Crippen LogP contribution in [0.15, 0.2) is 9.59 Å². The maximum atomic E-state index is 12.8. The van der Waals surface area contributed by atoms with Crippen molar-refractivity contribution in [2.24, 2.45) is 0 Å². The summed E-state index contributed by atoms with van der Waals surface area (Å²) in [5.74, 6) is -0.0252. The lowest BCUT2D eigenvalue weighted by Crippen LogP contribution is -2.43. The summed E-state index contributed by atoms with van der Waals surface area (Å²) in [4.78, 5) is 37.2. The molecule has 0 unspecified atom stereocenters. The van der Waals surface area contributed by atoms with E-state index in [4.69, 9.17) is 18.5 Å². The number of methoxy groups -OCH3 is 1. The lowest BCUT2D eigenvalue weighted by Gasteiger charge is -2.28. The van der Waals surface area contributed by atoms with E-state index < -0.39 is 30.1 Å². The van der Waals surface area contributed by atoms with Crippen LogP contribution in [-0.4, -0.2) is 57.8 Å². The molecule has 0 aliphatic carbocycles. The first kappa shape index (κ1) is 26.1. The number of hydrogen-bond acceptors (Lipinski definition) is 9. The Morgan fingerprint density at radius 2 is 1.67 bits per heavy atom. The molecular weight excluding hydrogens is 415 g/mol. The molecule has 0 aliphatic rings. The Morgan fingerprint density at radius 1 is 1.07 bits per heavy atom. The number of rotatable bonds is 13. The molecule has 0 atom stereocenters. The number of carbonyl (C=O) groups is 1. The van der Waals surface area contributed by atoms with Crippen molar-refractivity contribution in [3.05, 3.63) is 20.4 Å². The second kappa shape index (κ2) is 11.5. The molecule has 1 amide bonds. The molecule has 0 bridgehead atoms. The van der Waals surface area contributed by atoms with Gasteiger partial charge in [0, 0.05) is 19.6 Å². The van der Waals surface area contributed by atoms with E-state index in [2.05, 4.69) is 5.32 Å². The molecule has 0 heterocycles. The van der Waals surface area contributed by atoms with Gasteiger partial charge in [-0.1, -0.05) is 0 Å². The number of alkyl carbamates (subject to hydrolysis) is 1. The third kappa shape index (κ3) is 7.74. The molecule has 0 aliphatic heterocycles. The Hall–Kier alpha value is -1.90. The van der Waals surface area contributed by atoms with E-state index in [0.29, 0.717) is 13.0 Å². The molecule has 0 saturated carbocycles. The summed E-state index contributed by atoms with van der Waals surface area (Å²) in [6.45, 7) is 9.93. The summed E-state index contributed by atoms with van der Waals surface area (Å²) >= 11 is 0. The summed E-state index contributed by atoms with van der Waals surface area (Å²) in [6.07, 6.45) is -0.0526. The number of nitrogens with zero attached hydrogens (tertiary/aromatic N) is 1. The van der Waals surface area contributed by atoms with Gasteiger partial charge in [-0.3, -0.25) is 14.2 Å². The molecular formula is C19H33N2O8P. The van der Waals surface area contributed by atoms with Gasteiger partial charge in [0.25, 0.3) is 10.9 Å². The van der Waals surface area contributed by atoms with Gasteiger partial charge in [-0.2, -0.15) is 0 Å². The van der Waals surface area contributed by atoms with E-state index in [0.717, 1.165) is 0 Å². The standard InChI is InChI=1S/C19H33N2O8P/c1-7-27-30(25,28-8-2)13-12-21(14-15(22)16(23)17(14)26-6)11-9-10-20-18(24)29-19(3,4)5/h7-13H2,1-6H3,(H,20,24). The Balaban J connectivity index is 2.81. The van der Waals surface area contributed by atoms with Crippen LogP contribution in [0.1, 0.15) is 41.0 Å². The van der Waals surface area contributed by atoms with Crippen molar-refractivity contribution in [1.82, 2.24) is 5.32 Å². The van der Waals surface area contributed by atoms with Crippen LogP contribution < -0.4 is 25.8 Å². The van der Waals surface area contributed by atoms with Gasteiger partial charge in [0.05, 0.1) is 26.5 Å². The molecule has 0 spiro atoms. The van der Waals surface area contributed by atoms with Crippen LogP contribution >= 0.6 is 7.60 Å². The largest absolute Gasteiger partial charge is 0.491 e. The Kier molecular flexibility index (Phi) is 10.0. The van der Waals surface area contributed by atoms with Gasteiger partial charge >= 0.3 is 13.7 Å². The molecule has 10 nitrogen and oxygen atoms in total. The van der Waals surface area contributed by atoms with Crippen LogP contribution in [0.2, 0.25) is 0 Å². The maximum Gasteiger partial charge on any atom is 0.407 e. The van der Waals surface area contributed by atoms with Crippen LogP contribution in [0, 0.1) is 0 Å². The summed E-state index contributed by atoms with van der Waals surface area (Å²) in [6, 6.07) is 0. The smallest absolute Gasteiger partial charge is 0.407 e. The van der Waals surface area contributed by atoms with Gasteiger partial charge in [-0.05, 0) is 41.0 Å². The molecule has 0 saturated heterocycles. The second-order valence-corrected chi connectivity index (χ2v) is 9.66. The highest BCUT2D eigenvalue weighted by molar-refractivity contribution is 7.53. The average Bonchev–Trinajstić information content (AvgIpc) is 2.64. The Labute approximate surface area is 177 Å². The minimum atomic E-state index is -3.33. The average molecular weight is 448 g/mol. The third-order valence-corrected chi connectivity index (χ3v) is 5.98. The van der Waals surface area contributed by atoms with E-state index in [-0.39, 0.29) is 43.9 Å². The third-order valence-electron chi connectivity index (χ3n) is 3.93. The molecule has 1 N–H and O–H groups in total. The number of amides is 1. The highest BCUT2D eigenvalue weighted by atomic mass is 31.2. The SMILES string of the molecule is CCOP(=O)(CCN(CCCNC(=O)OC(C)(C)C)c1c(OC)c(=O)c1=O)OCC. The predicted molar refractivity (Wildman–Crippen MR) is 115 cm³/mol. The molecule has 172 valence electrons. The van der Waals surface area contributed by atoms with Crippen molar-refractivity contribution in [1.29, 1.82) is 0 Å². The van der Waals surface area contributed by atoms with E-state index >= 15 is 0 Å². The van der Waals surface area contributed by atoms with Gasteiger partial charge in [0.1, 0.15) is 11.3 Å². The highest BCUT2D eigenvalue weighted by Gasteiger charge is 2.30. The summed E-state index contributed by atoms with van der Waals surface area (Å²) in [5.41, 5.74) is -1.82. The highest BCUT2D eigenvalue weighted by Crippen LogP contribution is 2.47. The van der Waals surface area contributed by atoms with Gasteiger partial charge in [-0.25, -0.2) is 4.79 Å². The van der Waals surface area contributed by atoms with Crippen LogP contribution in [-0.2, 0) is 18.3 Å². The maximum absolute atomic E-state index is 12.8. The molecule has 0 aromatic heterocycles. The normalized spacial score (nSPS) is 12.1. The quantitative estimate of drug-likeness (QED) is 0.275. The zero-order valence-electron chi connectivity index (χ0n) is 18.6. The number of anilines is 1. The van der Waals surface area contributed by atoms with Crippen molar-refractivity contribution in [2.75, 3.05) is 51.0 Å². The Morgan fingerprint density at radius 3 is 2.17 bits per heavy atom. The first-order chi connectivity index (χ1) is 14.0. The van der Waals surface area contributed by atoms with Crippen molar-refractivity contribution in [3.8, 4) is 5.75 Å². The van der Waals surface area contributed by atoms with Gasteiger partial charge in [-0.15, -0.1) is 0 Å². The zero-order chi connectivity index (χ0) is 22.9. The van der Waals surface area contributed by atoms with E-state index in [1.165, 1.54) is 7.11 Å². The number of hydrogen-bond donors (Lipinski definition) is 1. The number of nitrogens with one attached hydrogen (secondary N) is 1. The first-order valence-electron chi connectivity index (χ1n) is 9.95. The molecule has 0 radical (unpaired) electrons. The van der Waals surface area contributed by atoms with Crippen LogP contribution in [0.25, 0.3) is 0 Å². The van der Waals surface area contributed by atoms with Crippen molar-refractivity contribution >= 4 is 19.4 Å². The fourth-order valence-electron chi connectivity index (χ4n) is 2.75. The fraction of sp³-hybridized carbons (Fsp3) is 0.737. The Bertz CT molecular complexity index is 800. The summed E-state index contributed by atoms with van der Waals surface area (Å²) in [7, 11) is -2.02. The summed E-state index contributed by atoms with van der Waals surface area (Å²) < 4.78 is 33.5. The van der Waals surface area contributed by atoms with E-state index in [1.54, 1.807) is 39.5 Å². The lowest BCUT2D eigenvalue weighted by atomic mass is 10.2. The van der Waals surface area contributed by atoms with Gasteiger partial charge in [0.2, 0.25) is 0 Å². The number of ether oxygens (including phenoxy) is 2. The van der Waals surface area contributed by atoms with Gasteiger partial charge < -0.3 is 28.7 Å². The molecule has 1 aromatic carbocycles. The minimum Gasteiger partial charge on any atom is -0.491 e.